The molecule has 12 heavy (non-hydrogen) atoms. The van der Waals surface area contributed by atoms with Crippen molar-refractivity contribution in [2.75, 3.05) is 0 Å². The zero-order valence-corrected chi connectivity index (χ0v) is 8.85. The molecule has 1 atom stereocenters. The molecule has 0 nitrogen and oxygen atoms in total. The number of halogens is 1. The fraction of sp³-hybridized carbons (Fsp3) is 0.273. The van der Waals surface area contributed by atoms with Gasteiger partial charge in [-0.05, 0) is 30.2 Å². The molecule has 1 aliphatic carbocycles. The Balaban J connectivity index is 2.57. The highest BCUT2D eigenvalue weighted by Gasteiger charge is 2.17. The van der Waals surface area contributed by atoms with Gasteiger partial charge in [-0.1, -0.05) is 40.6 Å². The van der Waals surface area contributed by atoms with Crippen LogP contribution in [0, 0.1) is 0 Å². The lowest BCUT2D eigenvalue weighted by Gasteiger charge is -2.07. The lowest BCUT2D eigenvalue weighted by atomic mass is 9.99. The Morgan fingerprint density at radius 1 is 1.33 bits per heavy atom. The predicted molar refractivity (Wildman–Crippen MR) is 56.2 cm³/mol. The molecule has 62 valence electrons. The SMILES string of the molecule is CC1=Cc2ccc(Br)cc2C1C. The van der Waals surface area contributed by atoms with E-state index in [1.54, 1.807) is 0 Å². The molecule has 1 aliphatic rings. The van der Waals surface area contributed by atoms with E-state index in [1.807, 2.05) is 0 Å². The summed E-state index contributed by atoms with van der Waals surface area (Å²) in [6, 6.07) is 6.49. The van der Waals surface area contributed by atoms with Gasteiger partial charge in [0.15, 0.2) is 0 Å². The first-order chi connectivity index (χ1) is 5.68. The van der Waals surface area contributed by atoms with Crippen LogP contribution < -0.4 is 0 Å². The molecule has 1 heteroatoms. The number of benzene rings is 1. The third kappa shape index (κ3) is 1.13. The van der Waals surface area contributed by atoms with Crippen LogP contribution in [0.25, 0.3) is 6.08 Å². The third-order valence-electron chi connectivity index (χ3n) is 2.58. The summed E-state index contributed by atoms with van der Waals surface area (Å²) in [6.45, 7) is 4.45. The summed E-state index contributed by atoms with van der Waals surface area (Å²) >= 11 is 3.49. The monoisotopic (exact) mass is 222 g/mol. The minimum atomic E-state index is 0.595. The Labute approximate surface area is 81.4 Å². The second-order valence-electron chi connectivity index (χ2n) is 3.38. The Morgan fingerprint density at radius 3 is 2.83 bits per heavy atom. The summed E-state index contributed by atoms with van der Waals surface area (Å²) in [4.78, 5) is 0. The zero-order chi connectivity index (χ0) is 8.72. The molecule has 1 unspecified atom stereocenters. The van der Waals surface area contributed by atoms with Gasteiger partial charge in [0.25, 0.3) is 0 Å². The molecule has 0 radical (unpaired) electrons. The van der Waals surface area contributed by atoms with Crippen molar-refractivity contribution in [1.82, 2.24) is 0 Å². The second-order valence-corrected chi connectivity index (χ2v) is 4.30. The summed E-state index contributed by atoms with van der Waals surface area (Å²) in [6.07, 6.45) is 2.27. The standard InChI is InChI=1S/C11H11Br/c1-7-5-9-3-4-10(12)6-11(9)8(7)2/h3-6,8H,1-2H3. The van der Waals surface area contributed by atoms with E-state index < -0.39 is 0 Å². The van der Waals surface area contributed by atoms with Gasteiger partial charge in [0, 0.05) is 10.4 Å². The van der Waals surface area contributed by atoms with Crippen LogP contribution in [-0.2, 0) is 0 Å². The molecule has 0 heterocycles. The normalized spacial score (nSPS) is 20.6. The zero-order valence-electron chi connectivity index (χ0n) is 7.26. The summed E-state index contributed by atoms with van der Waals surface area (Å²) in [5, 5.41) is 0. The van der Waals surface area contributed by atoms with E-state index in [4.69, 9.17) is 0 Å². The first-order valence-corrected chi connectivity index (χ1v) is 4.95. The maximum atomic E-state index is 3.49. The van der Waals surface area contributed by atoms with Gasteiger partial charge < -0.3 is 0 Å². The molecule has 2 rings (SSSR count). The average molecular weight is 223 g/mol. The van der Waals surface area contributed by atoms with Crippen molar-refractivity contribution in [3.8, 4) is 0 Å². The van der Waals surface area contributed by atoms with E-state index >= 15 is 0 Å². The highest BCUT2D eigenvalue weighted by Crippen LogP contribution is 2.36. The molecule has 1 aromatic rings. The van der Waals surface area contributed by atoms with Gasteiger partial charge in [-0.25, -0.2) is 0 Å². The molecule has 0 spiro atoms. The number of fused-ring (bicyclic) bond motifs is 1. The average Bonchev–Trinajstić information content (AvgIpc) is 2.31. The van der Waals surface area contributed by atoms with E-state index in [9.17, 15) is 0 Å². The number of allylic oxidation sites excluding steroid dienone is 1. The van der Waals surface area contributed by atoms with E-state index in [0.29, 0.717) is 5.92 Å². The molecule has 0 saturated heterocycles. The van der Waals surface area contributed by atoms with Crippen molar-refractivity contribution in [3.05, 3.63) is 39.4 Å². The predicted octanol–water partition coefficient (Wildman–Crippen LogP) is 3.97. The fourth-order valence-electron chi connectivity index (χ4n) is 1.67. The molecule has 0 bridgehead atoms. The van der Waals surface area contributed by atoms with Gasteiger partial charge in [0.05, 0.1) is 0 Å². The van der Waals surface area contributed by atoms with Crippen LogP contribution in [0.3, 0.4) is 0 Å². The Morgan fingerprint density at radius 2 is 2.08 bits per heavy atom. The fourth-order valence-corrected chi connectivity index (χ4v) is 2.05. The van der Waals surface area contributed by atoms with Crippen LogP contribution in [0.1, 0.15) is 30.9 Å². The maximum absolute atomic E-state index is 3.49. The van der Waals surface area contributed by atoms with Crippen LogP contribution in [0.2, 0.25) is 0 Å². The Kier molecular flexibility index (Phi) is 1.84. The van der Waals surface area contributed by atoms with Gasteiger partial charge in [0.2, 0.25) is 0 Å². The van der Waals surface area contributed by atoms with Crippen molar-refractivity contribution < 1.29 is 0 Å². The van der Waals surface area contributed by atoms with E-state index in [-0.39, 0.29) is 0 Å². The highest BCUT2D eigenvalue weighted by molar-refractivity contribution is 9.10. The van der Waals surface area contributed by atoms with Crippen molar-refractivity contribution in [3.63, 3.8) is 0 Å². The smallest absolute Gasteiger partial charge is 0.0178 e. The van der Waals surface area contributed by atoms with Gasteiger partial charge in [-0.15, -0.1) is 0 Å². The van der Waals surface area contributed by atoms with E-state index in [0.717, 1.165) is 0 Å². The summed E-state index contributed by atoms with van der Waals surface area (Å²) in [5.74, 6) is 0.595. The Bertz CT molecular complexity index is 350. The summed E-state index contributed by atoms with van der Waals surface area (Å²) < 4.78 is 1.18. The largest absolute Gasteiger partial charge is 0.0655 e. The third-order valence-corrected chi connectivity index (χ3v) is 3.07. The second kappa shape index (κ2) is 2.74. The van der Waals surface area contributed by atoms with Crippen LogP contribution in [0.5, 0.6) is 0 Å². The van der Waals surface area contributed by atoms with Crippen LogP contribution >= 0.6 is 15.9 Å². The molecular formula is C11H11Br. The first-order valence-electron chi connectivity index (χ1n) is 4.16. The van der Waals surface area contributed by atoms with Gasteiger partial charge >= 0.3 is 0 Å². The lowest BCUT2D eigenvalue weighted by molar-refractivity contribution is 0.920. The summed E-state index contributed by atoms with van der Waals surface area (Å²) in [7, 11) is 0. The van der Waals surface area contributed by atoms with Crippen molar-refractivity contribution >= 4 is 22.0 Å². The van der Waals surface area contributed by atoms with Gasteiger partial charge in [-0.3, -0.25) is 0 Å². The van der Waals surface area contributed by atoms with Crippen LogP contribution in [-0.4, -0.2) is 0 Å². The summed E-state index contributed by atoms with van der Waals surface area (Å²) in [5.41, 5.74) is 4.29. The van der Waals surface area contributed by atoms with Crippen molar-refractivity contribution in [2.24, 2.45) is 0 Å². The van der Waals surface area contributed by atoms with E-state index in [2.05, 4.69) is 54.1 Å². The maximum Gasteiger partial charge on any atom is 0.0178 e. The molecule has 1 aromatic carbocycles. The molecule has 0 N–H and O–H groups in total. The highest BCUT2D eigenvalue weighted by atomic mass is 79.9. The molecule has 0 saturated carbocycles. The molecule has 0 amide bonds. The van der Waals surface area contributed by atoms with Gasteiger partial charge in [0.1, 0.15) is 0 Å². The molecular weight excluding hydrogens is 212 g/mol. The number of hydrogen-bond acceptors (Lipinski definition) is 0. The lowest BCUT2D eigenvalue weighted by Crippen LogP contribution is -1.89. The minimum Gasteiger partial charge on any atom is -0.0655 e. The molecule has 0 aliphatic heterocycles. The minimum absolute atomic E-state index is 0.595. The van der Waals surface area contributed by atoms with E-state index in [1.165, 1.54) is 21.2 Å². The van der Waals surface area contributed by atoms with Crippen LogP contribution in [0.15, 0.2) is 28.2 Å². The molecule has 0 fully saturated rings. The Hall–Kier alpha value is -0.560. The van der Waals surface area contributed by atoms with Crippen molar-refractivity contribution in [2.45, 2.75) is 19.8 Å². The molecule has 0 aromatic heterocycles. The van der Waals surface area contributed by atoms with Crippen LogP contribution in [0.4, 0.5) is 0 Å². The number of rotatable bonds is 0. The first kappa shape index (κ1) is 8.06. The topological polar surface area (TPSA) is 0 Å². The van der Waals surface area contributed by atoms with Crippen molar-refractivity contribution in [1.29, 1.82) is 0 Å². The number of hydrogen-bond donors (Lipinski definition) is 0. The van der Waals surface area contributed by atoms with Gasteiger partial charge in [-0.2, -0.15) is 0 Å². The quantitative estimate of drug-likeness (QED) is 0.624.